The number of anilines is 1. The lowest BCUT2D eigenvalue weighted by Gasteiger charge is -2.15. The first kappa shape index (κ1) is 27.9. The lowest BCUT2D eigenvalue weighted by Crippen LogP contribution is -2.33. The summed E-state index contributed by atoms with van der Waals surface area (Å²) in [6, 6.07) is 26.0. The van der Waals surface area contributed by atoms with Gasteiger partial charge in [0.15, 0.2) is 5.17 Å². The van der Waals surface area contributed by atoms with E-state index in [0.29, 0.717) is 35.1 Å². The number of carbonyl (C=O) groups excluding carboxylic acids is 3. The number of nitrogens with one attached hydrogen (secondary N) is 2. The molecule has 0 aliphatic carbocycles. The minimum atomic E-state index is -0.578. The van der Waals surface area contributed by atoms with Gasteiger partial charge in [0, 0.05) is 12.1 Å². The standard InChI is InChI=1S/C31H27FN4O4S/c32-23-8-4-9-25(18-23)35-31-36(20-26-10-5-17-40-26)30(39)29(41-31)22-12-14-24(15-13-22)34-28(38)19-33-27(37)16-11-21-6-2-1-3-7-21/h1-10,12-15,17-18,29H,11,16,19-20H2,(H,33,37)(H,34,38). The van der Waals surface area contributed by atoms with Gasteiger partial charge in [0.2, 0.25) is 17.7 Å². The van der Waals surface area contributed by atoms with Crippen LogP contribution in [0.15, 0.2) is 107 Å². The van der Waals surface area contributed by atoms with E-state index in [4.69, 9.17) is 4.42 Å². The van der Waals surface area contributed by atoms with Gasteiger partial charge in [-0.15, -0.1) is 0 Å². The molecule has 1 unspecified atom stereocenters. The smallest absolute Gasteiger partial charge is 0.247 e. The van der Waals surface area contributed by atoms with Gasteiger partial charge in [-0.2, -0.15) is 0 Å². The van der Waals surface area contributed by atoms with Crippen molar-refractivity contribution in [2.75, 3.05) is 11.9 Å². The van der Waals surface area contributed by atoms with Crippen molar-refractivity contribution in [2.24, 2.45) is 4.99 Å². The van der Waals surface area contributed by atoms with Gasteiger partial charge >= 0.3 is 0 Å². The Kier molecular flexibility index (Phi) is 8.90. The van der Waals surface area contributed by atoms with Crippen molar-refractivity contribution in [1.29, 1.82) is 0 Å². The SMILES string of the molecule is O=C(CCc1ccccc1)NCC(=O)Nc1ccc(C2SC(=Nc3cccc(F)c3)N(Cc3ccco3)C2=O)cc1. The molecule has 4 aromatic rings. The van der Waals surface area contributed by atoms with Crippen LogP contribution in [0.1, 0.15) is 28.6 Å². The molecule has 2 N–H and O–H groups in total. The first-order chi connectivity index (χ1) is 19.9. The van der Waals surface area contributed by atoms with Crippen LogP contribution >= 0.6 is 11.8 Å². The van der Waals surface area contributed by atoms with Gasteiger partial charge in [0.05, 0.1) is 25.0 Å². The van der Waals surface area contributed by atoms with Crippen LogP contribution in [0.3, 0.4) is 0 Å². The Hall–Kier alpha value is -4.70. The number of thioether (sulfide) groups is 1. The molecular formula is C31H27FN4O4S. The average Bonchev–Trinajstić information content (AvgIpc) is 3.60. The summed E-state index contributed by atoms with van der Waals surface area (Å²) in [4.78, 5) is 44.0. The summed E-state index contributed by atoms with van der Waals surface area (Å²) in [5, 5.41) is 5.25. The Labute approximate surface area is 240 Å². The summed E-state index contributed by atoms with van der Waals surface area (Å²) >= 11 is 1.26. The lowest BCUT2D eigenvalue weighted by atomic mass is 10.1. The summed E-state index contributed by atoms with van der Waals surface area (Å²) in [7, 11) is 0. The third-order valence-corrected chi connectivity index (χ3v) is 7.53. The molecule has 1 atom stereocenters. The van der Waals surface area contributed by atoms with Crippen molar-refractivity contribution in [1.82, 2.24) is 10.2 Å². The number of amides is 3. The molecule has 0 saturated carbocycles. The zero-order valence-electron chi connectivity index (χ0n) is 22.0. The van der Waals surface area contributed by atoms with Crippen molar-refractivity contribution in [3.63, 3.8) is 0 Å². The molecule has 2 heterocycles. The Balaban J connectivity index is 1.20. The van der Waals surface area contributed by atoms with Crippen molar-refractivity contribution in [3.8, 4) is 0 Å². The maximum Gasteiger partial charge on any atom is 0.247 e. The van der Waals surface area contributed by atoms with Crippen molar-refractivity contribution >= 4 is 46.0 Å². The number of carbonyl (C=O) groups is 3. The highest BCUT2D eigenvalue weighted by Gasteiger charge is 2.39. The highest BCUT2D eigenvalue weighted by atomic mass is 32.2. The fraction of sp³-hybridized carbons (Fsp3) is 0.161. The molecule has 3 amide bonds. The van der Waals surface area contributed by atoms with E-state index in [1.807, 2.05) is 30.3 Å². The Morgan fingerprint density at radius 3 is 2.49 bits per heavy atom. The second-order valence-electron chi connectivity index (χ2n) is 9.31. The van der Waals surface area contributed by atoms with E-state index in [1.54, 1.807) is 48.5 Å². The lowest BCUT2D eigenvalue weighted by molar-refractivity contribution is -0.126. The molecule has 1 saturated heterocycles. The third-order valence-electron chi connectivity index (χ3n) is 6.30. The van der Waals surface area contributed by atoms with Crippen LogP contribution in [0.4, 0.5) is 15.8 Å². The van der Waals surface area contributed by atoms with Crippen LogP contribution in [-0.2, 0) is 27.3 Å². The van der Waals surface area contributed by atoms with Crippen LogP contribution in [0.5, 0.6) is 0 Å². The monoisotopic (exact) mass is 570 g/mol. The van der Waals surface area contributed by atoms with E-state index < -0.39 is 11.1 Å². The predicted molar refractivity (Wildman–Crippen MR) is 156 cm³/mol. The summed E-state index contributed by atoms with van der Waals surface area (Å²) in [6.07, 6.45) is 2.43. The van der Waals surface area contributed by atoms with Crippen LogP contribution in [0, 0.1) is 5.82 Å². The van der Waals surface area contributed by atoms with Gasteiger partial charge in [-0.3, -0.25) is 19.3 Å². The number of aryl methyl sites for hydroxylation is 1. The number of amidine groups is 1. The molecule has 1 aliphatic heterocycles. The largest absolute Gasteiger partial charge is 0.467 e. The minimum absolute atomic E-state index is 0.145. The van der Waals surface area contributed by atoms with E-state index in [2.05, 4.69) is 15.6 Å². The van der Waals surface area contributed by atoms with E-state index >= 15 is 0 Å². The molecule has 1 aliphatic rings. The fourth-order valence-corrected chi connectivity index (χ4v) is 5.40. The van der Waals surface area contributed by atoms with Crippen molar-refractivity contribution < 1.29 is 23.2 Å². The quantitative estimate of drug-likeness (QED) is 0.258. The fourth-order valence-electron chi connectivity index (χ4n) is 4.23. The van der Waals surface area contributed by atoms with Crippen molar-refractivity contribution in [3.05, 3.63) is 120 Å². The van der Waals surface area contributed by atoms with Crippen LogP contribution in [0.2, 0.25) is 0 Å². The Morgan fingerprint density at radius 2 is 1.76 bits per heavy atom. The second-order valence-corrected chi connectivity index (χ2v) is 10.4. The number of nitrogens with zero attached hydrogens (tertiary/aromatic N) is 2. The number of benzene rings is 3. The molecule has 3 aromatic carbocycles. The van der Waals surface area contributed by atoms with Gasteiger partial charge in [-0.05, 0) is 60.0 Å². The maximum absolute atomic E-state index is 13.8. The van der Waals surface area contributed by atoms with Crippen LogP contribution in [0.25, 0.3) is 0 Å². The van der Waals surface area contributed by atoms with E-state index in [0.717, 1.165) is 11.1 Å². The summed E-state index contributed by atoms with van der Waals surface area (Å²) in [5.41, 5.74) is 2.72. The number of furan rings is 1. The van der Waals surface area contributed by atoms with Crippen LogP contribution < -0.4 is 10.6 Å². The van der Waals surface area contributed by atoms with Gasteiger partial charge in [-0.1, -0.05) is 60.3 Å². The molecule has 208 valence electrons. The highest BCUT2D eigenvalue weighted by Crippen LogP contribution is 2.41. The number of aliphatic imine (C=N–C) groups is 1. The minimum Gasteiger partial charge on any atom is -0.467 e. The zero-order chi connectivity index (χ0) is 28.6. The summed E-state index contributed by atoms with van der Waals surface area (Å²) in [5.74, 6) is -0.565. The van der Waals surface area contributed by atoms with E-state index in [9.17, 15) is 18.8 Å². The van der Waals surface area contributed by atoms with Gasteiger partial charge in [-0.25, -0.2) is 9.38 Å². The molecular weight excluding hydrogens is 543 g/mol. The number of rotatable bonds is 10. The average molecular weight is 571 g/mol. The molecule has 1 aromatic heterocycles. The topological polar surface area (TPSA) is 104 Å². The van der Waals surface area contributed by atoms with Crippen LogP contribution in [-0.4, -0.2) is 34.3 Å². The van der Waals surface area contributed by atoms with Gasteiger partial charge < -0.3 is 15.1 Å². The zero-order valence-corrected chi connectivity index (χ0v) is 22.8. The van der Waals surface area contributed by atoms with Gasteiger partial charge in [0.1, 0.15) is 16.8 Å². The normalized spacial score (nSPS) is 15.7. The number of hydrogen-bond acceptors (Lipinski definition) is 6. The molecule has 0 radical (unpaired) electrons. The van der Waals surface area contributed by atoms with E-state index in [1.165, 1.54) is 35.1 Å². The van der Waals surface area contributed by atoms with Gasteiger partial charge in [0.25, 0.3) is 0 Å². The molecule has 41 heavy (non-hydrogen) atoms. The molecule has 8 nitrogen and oxygen atoms in total. The third kappa shape index (κ3) is 7.49. The number of hydrogen-bond donors (Lipinski definition) is 2. The molecule has 0 bridgehead atoms. The number of halogens is 1. The maximum atomic E-state index is 13.8. The first-order valence-electron chi connectivity index (χ1n) is 13.0. The van der Waals surface area contributed by atoms with E-state index in [-0.39, 0.29) is 30.8 Å². The second kappa shape index (κ2) is 13.1. The highest BCUT2D eigenvalue weighted by molar-refractivity contribution is 8.15. The Bertz CT molecular complexity index is 1540. The Morgan fingerprint density at radius 1 is 0.951 bits per heavy atom. The molecule has 1 fully saturated rings. The predicted octanol–water partition coefficient (Wildman–Crippen LogP) is 5.61. The summed E-state index contributed by atoms with van der Waals surface area (Å²) in [6.45, 7) is 0.0443. The first-order valence-corrected chi connectivity index (χ1v) is 13.9. The molecule has 0 spiro atoms. The molecule has 5 rings (SSSR count). The van der Waals surface area contributed by atoms with Crippen molar-refractivity contribution in [2.45, 2.75) is 24.6 Å². The summed E-state index contributed by atoms with van der Waals surface area (Å²) < 4.78 is 19.2. The molecule has 10 heteroatoms.